The van der Waals surface area contributed by atoms with Gasteiger partial charge >= 0.3 is 6.18 Å². The van der Waals surface area contributed by atoms with E-state index >= 15 is 0 Å². The Balaban J connectivity index is 2.57. The van der Waals surface area contributed by atoms with Crippen molar-refractivity contribution < 1.29 is 22.8 Å². The normalized spacial score (nSPS) is 12.0. The first-order chi connectivity index (χ1) is 10.4. The highest BCUT2D eigenvalue weighted by atomic mass is 19.4. The Morgan fingerprint density at radius 1 is 1.09 bits per heavy atom. The van der Waals surface area contributed by atoms with Gasteiger partial charge in [0.15, 0.2) is 0 Å². The highest BCUT2D eigenvalue weighted by Gasteiger charge is 2.30. The van der Waals surface area contributed by atoms with Crippen LogP contribution in [0.25, 0.3) is 0 Å². The van der Waals surface area contributed by atoms with Gasteiger partial charge in [0.05, 0.1) is 12.1 Å². The molecule has 0 unspecified atom stereocenters. The summed E-state index contributed by atoms with van der Waals surface area (Å²) in [6.07, 6.45) is -4.38. The topological polar surface area (TPSA) is 49.4 Å². The van der Waals surface area contributed by atoms with Crippen LogP contribution in [0.5, 0.6) is 0 Å². The predicted molar refractivity (Wildman–Crippen MR) is 80.4 cm³/mol. The summed E-state index contributed by atoms with van der Waals surface area (Å²) < 4.78 is 37.4. The van der Waals surface area contributed by atoms with Crippen LogP contribution in [0, 0.1) is 5.41 Å². The molecular weight excluding hydrogens is 309 g/mol. The van der Waals surface area contributed by atoms with Gasteiger partial charge in [0.2, 0.25) is 11.8 Å². The SMILES string of the molecule is CN(Cc1ccc(C(F)(F)F)cc1)C(=O)CNC(=O)C(C)(C)C. The van der Waals surface area contributed by atoms with E-state index in [0.29, 0.717) is 5.56 Å². The number of carbonyl (C=O) groups is 2. The van der Waals surface area contributed by atoms with Gasteiger partial charge < -0.3 is 10.2 Å². The van der Waals surface area contributed by atoms with E-state index in [9.17, 15) is 22.8 Å². The molecule has 0 aromatic heterocycles. The molecule has 0 bridgehead atoms. The van der Waals surface area contributed by atoms with E-state index in [1.807, 2.05) is 0 Å². The van der Waals surface area contributed by atoms with Gasteiger partial charge in [-0.2, -0.15) is 13.2 Å². The summed E-state index contributed by atoms with van der Waals surface area (Å²) >= 11 is 0. The summed E-state index contributed by atoms with van der Waals surface area (Å²) in [5.41, 5.74) is -0.740. The standard InChI is InChI=1S/C16H21F3N2O2/c1-15(2,3)14(23)20-9-13(22)21(4)10-11-5-7-12(8-6-11)16(17,18)19/h5-8H,9-10H2,1-4H3,(H,20,23). The summed E-state index contributed by atoms with van der Waals surface area (Å²) in [6.45, 7) is 5.23. The van der Waals surface area contributed by atoms with E-state index < -0.39 is 17.2 Å². The summed E-state index contributed by atoms with van der Waals surface area (Å²) in [4.78, 5) is 25.0. The van der Waals surface area contributed by atoms with Crippen LogP contribution in [0.3, 0.4) is 0 Å². The maximum absolute atomic E-state index is 12.5. The number of rotatable bonds is 4. The number of carbonyl (C=O) groups excluding carboxylic acids is 2. The van der Waals surface area contributed by atoms with E-state index in [-0.39, 0.29) is 24.9 Å². The molecule has 1 aromatic carbocycles. The molecule has 7 heteroatoms. The molecule has 0 atom stereocenters. The lowest BCUT2D eigenvalue weighted by atomic mass is 9.96. The number of alkyl halides is 3. The summed E-state index contributed by atoms with van der Waals surface area (Å²) in [6, 6.07) is 4.63. The van der Waals surface area contributed by atoms with Crippen LogP contribution in [0.15, 0.2) is 24.3 Å². The van der Waals surface area contributed by atoms with Crippen molar-refractivity contribution >= 4 is 11.8 Å². The van der Waals surface area contributed by atoms with Crippen molar-refractivity contribution in [1.29, 1.82) is 0 Å². The fourth-order valence-electron chi connectivity index (χ4n) is 1.72. The Kier molecular flexibility index (Phi) is 5.80. The Bertz CT molecular complexity index is 560. The van der Waals surface area contributed by atoms with Gasteiger partial charge in [-0.05, 0) is 17.7 Å². The first-order valence-corrected chi connectivity index (χ1v) is 7.09. The molecule has 0 heterocycles. The van der Waals surface area contributed by atoms with Crippen LogP contribution in [0.1, 0.15) is 31.9 Å². The molecule has 1 N–H and O–H groups in total. The molecular formula is C16H21F3N2O2. The van der Waals surface area contributed by atoms with Gasteiger partial charge in [0.1, 0.15) is 0 Å². The van der Waals surface area contributed by atoms with Crippen LogP contribution in [-0.2, 0) is 22.3 Å². The molecule has 128 valence electrons. The van der Waals surface area contributed by atoms with Gasteiger partial charge in [-0.15, -0.1) is 0 Å². The van der Waals surface area contributed by atoms with Crippen molar-refractivity contribution in [2.45, 2.75) is 33.5 Å². The molecule has 0 saturated heterocycles. The second-order valence-corrected chi connectivity index (χ2v) is 6.38. The molecule has 23 heavy (non-hydrogen) atoms. The number of likely N-dealkylation sites (N-methyl/N-ethyl adjacent to an activating group) is 1. The lowest BCUT2D eigenvalue weighted by Crippen LogP contribution is -2.42. The summed E-state index contributed by atoms with van der Waals surface area (Å²) in [5, 5.41) is 2.54. The summed E-state index contributed by atoms with van der Waals surface area (Å²) in [7, 11) is 1.53. The number of hydrogen-bond donors (Lipinski definition) is 1. The maximum atomic E-state index is 12.5. The highest BCUT2D eigenvalue weighted by molar-refractivity contribution is 5.87. The third-order valence-corrected chi connectivity index (χ3v) is 3.21. The van der Waals surface area contributed by atoms with E-state index in [0.717, 1.165) is 12.1 Å². The molecule has 1 rings (SSSR count). The molecule has 2 amide bonds. The van der Waals surface area contributed by atoms with Crippen molar-refractivity contribution in [3.05, 3.63) is 35.4 Å². The molecule has 0 radical (unpaired) electrons. The quantitative estimate of drug-likeness (QED) is 0.923. The predicted octanol–water partition coefficient (Wildman–Crippen LogP) is 2.83. The van der Waals surface area contributed by atoms with Crippen molar-refractivity contribution in [2.75, 3.05) is 13.6 Å². The zero-order valence-corrected chi connectivity index (χ0v) is 13.6. The van der Waals surface area contributed by atoms with E-state index in [1.54, 1.807) is 20.8 Å². The average molecular weight is 330 g/mol. The monoisotopic (exact) mass is 330 g/mol. The number of amides is 2. The molecule has 0 fully saturated rings. The zero-order chi connectivity index (χ0) is 17.8. The van der Waals surface area contributed by atoms with E-state index in [2.05, 4.69) is 5.32 Å². The van der Waals surface area contributed by atoms with E-state index in [4.69, 9.17) is 0 Å². The first-order valence-electron chi connectivity index (χ1n) is 7.09. The fourth-order valence-corrected chi connectivity index (χ4v) is 1.72. The van der Waals surface area contributed by atoms with Gasteiger partial charge in [-0.3, -0.25) is 9.59 Å². The largest absolute Gasteiger partial charge is 0.416 e. The number of hydrogen-bond acceptors (Lipinski definition) is 2. The third-order valence-electron chi connectivity index (χ3n) is 3.21. The van der Waals surface area contributed by atoms with Crippen LogP contribution in [0.4, 0.5) is 13.2 Å². The summed E-state index contributed by atoms with van der Waals surface area (Å²) in [5.74, 6) is -0.559. The molecule has 0 aliphatic carbocycles. The molecule has 0 spiro atoms. The molecule has 1 aromatic rings. The number of nitrogens with one attached hydrogen (secondary N) is 1. The van der Waals surface area contributed by atoms with Crippen molar-refractivity contribution in [2.24, 2.45) is 5.41 Å². The highest BCUT2D eigenvalue weighted by Crippen LogP contribution is 2.29. The minimum Gasteiger partial charge on any atom is -0.347 e. The van der Waals surface area contributed by atoms with Gasteiger partial charge in [0, 0.05) is 19.0 Å². The Morgan fingerprint density at radius 2 is 1.61 bits per heavy atom. The molecule has 0 aliphatic heterocycles. The molecule has 4 nitrogen and oxygen atoms in total. The minimum absolute atomic E-state index is 0.146. The fraction of sp³-hybridized carbons (Fsp3) is 0.500. The average Bonchev–Trinajstić information content (AvgIpc) is 2.42. The number of nitrogens with zero attached hydrogens (tertiary/aromatic N) is 1. The molecule has 0 aliphatic rings. The Hall–Kier alpha value is -2.05. The third kappa shape index (κ3) is 5.92. The van der Waals surface area contributed by atoms with Gasteiger partial charge in [0.25, 0.3) is 0 Å². The second-order valence-electron chi connectivity index (χ2n) is 6.38. The Morgan fingerprint density at radius 3 is 2.04 bits per heavy atom. The number of benzene rings is 1. The lowest BCUT2D eigenvalue weighted by molar-refractivity contribution is -0.137. The van der Waals surface area contributed by atoms with Crippen LogP contribution in [-0.4, -0.2) is 30.3 Å². The van der Waals surface area contributed by atoms with Gasteiger partial charge in [-0.25, -0.2) is 0 Å². The van der Waals surface area contributed by atoms with Crippen molar-refractivity contribution in [1.82, 2.24) is 10.2 Å². The van der Waals surface area contributed by atoms with Crippen LogP contribution >= 0.6 is 0 Å². The maximum Gasteiger partial charge on any atom is 0.416 e. The molecule has 0 saturated carbocycles. The zero-order valence-electron chi connectivity index (χ0n) is 13.6. The first kappa shape index (κ1) is 19.0. The van der Waals surface area contributed by atoms with E-state index in [1.165, 1.54) is 24.1 Å². The number of halogens is 3. The van der Waals surface area contributed by atoms with Crippen LogP contribution in [0.2, 0.25) is 0 Å². The Labute approximate surface area is 133 Å². The van der Waals surface area contributed by atoms with Crippen molar-refractivity contribution in [3.8, 4) is 0 Å². The lowest BCUT2D eigenvalue weighted by Gasteiger charge is -2.21. The van der Waals surface area contributed by atoms with Gasteiger partial charge in [-0.1, -0.05) is 32.9 Å². The van der Waals surface area contributed by atoms with Crippen molar-refractivity contribution in [3.63, 3.8) is 0 Å². The van der Waals surface area contributed by atoms with Crippen LogP contribution < -0.4 is 5.32 Å². The second kappa shape index (κ2) is 7.02. The smallest absolute Gasteiger partial charge is 0.347 e. The minimum atomic E-state index is -4.38.